The lowest BCUT2D eigenvalue weighted by atomic mass is 10.1. The highest BCUT2D eigenvalue weighted by Crippen LogP contribution is 2.32. The Morgan fingerprint density at radius 2 is 2.00 bits per heavy atom. The van der Waals surface area contributed by atoms with E-state index >= 15 is 0 Å². The van der Waals surface area contributed by atoms with Gasteiger partial charge in [0.1, 0.15) is 0 Å². The summed E-state index contributed by atoms with van der Waals surface area (Å²) >= 11 is 3.30. The fourth-order valence-electron chi connectivity index (χ4n) is 1.31. The summed E-state index contributed by atoms with van der Waals surface area (Å²) in [6.07, 6.45) is 0. The summed E-state index contributed by atoms with van der Waals surface area (Å²) in [5.74, 6) is 0.322. The van der Waals surface area contributed by atoms with Gasteiger partial charge >= 0.3 is 0 Å². The van der Waals surface area contributed by atoms with E-state index in [1.54, 1.807) is 22.7 Å². The van der Waals surface area contributed by atoms with Gasteiger partial charge in [0, 0.05) is 15.7 Å². The number of hydrogen-bond donors (Lipinski definition) is 0. The van der Waals surface area contributed by atoms with Gasteiger partial charge in [0.15, 0.2) is 5.78 Å². The van der Waals surface area contributed by atoms with Crippen molar-refractivity contribution < 1.29 is 4.79 Å². The Kier molecular flexibility index (Phi) is 3.03. The van der Waals surface area contributed by atoms with Crippen molar-refractivity contribution in [1.82, 2.24) is 0 Å². The molecule has 0 aliphatic rings. The molecule has 78 valence electrons. The Balaban J connectivity index is 2.29. The van der Waals surface area contributed by atoms with Crippen molar-refractivity contribution >= 4 is 28.5 Å². The smallest absolute Gasteiger partial charge is 0.175 e. The van der Waals surface area contributed by atoms with Gasteiger partial charge in [-0.3, -0.25) is 4.79 Å². The largest absolute Gasteiger partial charge is 0.293 e. The van der Waals surface area contributed by atoms with Crippen LogP contribution in [-0.2, 0) is 0 Å². The van der Waals surface area contributed by atoms with E-state index in [1.165, 1.54) is 9.75 Å². The first-order valence-electron chi connectivity index (χ1n) is 4.86. The third kappa shape index (κ3) is 2.19. The van der Waals surface area contributed by atoms with E-state index in [9.17, 15) is 4.79 Å². The summed E-state index contributed by atoms with van der Waals surface area (Å²) in [4.78, 5) is 15.0. The van der Waals surface area contributed by atoms with Gasteiger partial charge in [0.25, 0.3) is 0 Å². The average Bonchev–Trinajstić information content (AvgIpc) is 2.86. The first-order chi connectivity index (χ1) is 7.18. The number of hydrogen-bond acceptors (Lipinski definition) is 3. The molecule has 0 aliphatic carbocycles. The van der Waals surface area contributed by atoms with Crippen LogP contribution in [0.2, 0.25) is 0 Å². The van der Waals surface area contributed by atoms with Gasteiger partial charge in [-0.2, -0.15) is 0 Å². The second kappa shape index (κ2) is 4.29. The highest BCUT2D eigenvalue weighted by molar-refractivity contribution is 7.22. The van der Waals surface area contributed by atoms with Crippen LogP contribution in [-0.4, -0.2) is 5.78 Å². The predicted molar refractivity (Wildman–Crippen MR) is 66.8 cm³/mol. The van der Waals surface area contributed by atoms with Crippen LogP contribution in [0.3, 0.4) is 0 Å². The van der Waals surface area contributed by atoms with E-state index in [1.807, 2.05) is 32.0 Å². The zero-order valence-corrected chi connectivity index (χ0v) is 10.3. The molecule has 1 nitrogen and oxygen atoms in total. The zero-order chi connectivity index (χ0) is 10.8. The maximum Gasteiger partial charge on any atom is 0.175 e. The number of rotatable bonds is 3. The highest BCUT2D eigenvalue weighted by Gasteiger charge is 2.13. The summed E-state index contributed by atoms with van der Waals surface area (Å²) in [6, 6.07) is 8.08. The molecule has 0 fully saturated rings. The summed E-state index contributed by atoms with van der Waals surface area (Å²) < 4.78 is 0. The topological polar surface area (TPSA) is 17.1 Å². The number of Topliss-reactive ketones (excluding diaryl/α,β-unsaturated/α-hetero) is 1. The number of carbonyl (C=O) groups is 1. The SMILES string of the molecule is CC(C)C(=O)c1ccc(-c2cccs2)s1. The Labute approximate surface area is 97.4 Å². The Morgan fingerprint density at radius 1 is 1.20 bits per heavy atom. The molecule has 0 unspecified atom stereocenters. The van der Waals surface area contributed by atoms with Crippen LogP contribution in [0.5, 0.6) is 0 Å². The molecule has 0 atom stereocenters. The van der Waals surface area contributed by atoms with Gasteiger partial charge < -0.3 is 0 Å². The molecule has 0 spiro atoms. The van der Waals surface area contributed by atoms with Crippen molar-refractivity contribution in [3.8, 4) is 9.75 Å². The van der Waals surface area contributed by atoms with E-state index in [0.717, 1.165) is 4.88 Å². The summed E-state index contributed by atoms with van der Waals surface area (Å²) in [6.45, 7) is 3.87. The molecule has 2 heterocycles. The molecule has 0 aromatic carbocycles. The summed E-state index contributed by atoms with van der Waals surface area (Å²) in [7, 11) is 0. The molecule has 0 N–H and O–H groups in total. The lowest BCUT2D eigenvalue weighted by molar-refractivity contribution is 0.0943. The van der Waals surface area contributed by atoms with E-state index in [4.69, 9.17) is 0 Å². The minimum atomic E-state index is 0.0832. The fourth-order valence-corrected chi connectivity index (χ4v) is 3.23. The van der Waals surface area contributed by atoms with Crippen LogP contribution in [0, 0.1) is 5.92 Å². The van der Waals surface area contributed by atoms with Gasteiger partial charge in [-0.15, -0.1) is 22.7 Å². The van der Waals surface area contributed by atoms with Gasteiger partial charge in [0.2, 0.25) is 0 Å². The minimum absolute atomic E-state index is 0.0832. The van der Waals surface area contributed by atoms with Crippen molar-refractivity contribution in [1.29, 1.82) is 0 Å². The van der Waals surface area contributed by atoms with Crippen molar-refractivity contribution in [3.05, 3.63) is 34.5 Å². The highest BCUT2D eigenvalue weighted by atomic mass is 32.1. The molecule has 2 rings (SSSR count). The Bertz CT molecular complexity index is 452. The van der Waals surface area contributed by atoms with Crippen molar-refractivity contribution in [2.75, 3.05) is 0 Å². The van der Waals surface area contributed by atoms with Gasteiger partial charge in [-0.1, -0.05) is 19.9 Å². The number of thiophene rings is 2. The zero-order valence-electron chi connectivity index (χ0n) is 8.69. The second-order valence-electron chi connectivity index (χ2n) is 3.66. The van der Waals surface area contributed by atoms with Gasteiger partial charge in [-0.25, -0.2) is 0 Å². The van der Waals surface area contributed by atoms with Crippen molar-refractivity contribution in [2.24, 2.45) is 5.92 Å². The van der Waals surface area contributed by atoms with E-state index in [2.05, 4.69) is 11.4 Å². The molecule has 0 aliphatic heterocycles. The van der Waals surface area contributed by atoms with Crippen LogP contribution in [0.1, 0.15) is 23.5 Å². The molecule has 0 bridgehead atoms. The van der Waals surface area contributed by atoms with Crippen molar-refractivity contribution in [3.63, 3.8) is 0 Å². The van der Waals surface area contributed by atoms with Gasteiger partial charge in [0.05, 0.1) is 4.88 Å². The van der Waals surface area contributed by atoms with E-state index < -0.39 is 0 Å². The van der Waals surface area contributed by atoms with E-state index in [0.29, 0.717) is 0 Å². The minimum Gasteiger partial charge on any atom is -0.293 e. The maximum absolute atomic E-state index is 11.7. The fraction of sp³-hybridized carbons (Fsp3) is 0.250. The van der Waals surface area contributed by atoms with Crippen LogP contribution < -0.4 is 0 Å². The standard InChI is InChI=1S/C12H12OS2/c1-8(2)12(13)11-6-5-10(15-11)9-4-3-7-14-9/h3-8H,1-2H3. The second-order valence-corrected chi connectivity index (χ2v) is 5.69. The molecule has 2 aromatic heterocycles. The van der Waals surface area contributed by atoms with Crippen LogP contribution in [0.15, 0.2) is 29.6 Å². The molecule has 2 aromatic rings. The molecule has 0 saturated carbocycles. The quantitative estimate of drug-likeness (QED) is 0.725. The average molecular weight is 236 g/mol. The van der Waals surface area contributed by atoms with Gasteiger partial charge in [-0.05, 0) is 23.6 Å². The molecular formula is C12H12OS2. The number of carbonyl (C=O) groups excluding carboxylic acids is 1. The molecular weight excluding hydrogens is 224 g/mol. The Hall–Kier alpha value is -0.930. The third-order valence-electron chi connectivity index (χ3n) is 2.14. The monoisotopic (exact) mass is 236 g/mol. The number of ketones is 1. The third-order valence-corrected chi connectivity index (χ3v) is 4.30. The molecule has 0 amide bonds. The predicted octanol–water partition coefficient (Wildman–Crippen LogP) is 4.32. The maximum atomic E-state index is 11.7. The van der Waals surface area contributed by atoms with Crippen LogP contribution in [0.4, 0.5) is 0 Å². The van der Waals surface area contributed by atoms with Crippen LogP contribution in [0.25, 0.3) is 9.75 Å². The molecule has 3 heteroatoms. The van der Waals surface area contributed by atoms with E-state index in [-0.39, 0.29) is 11.7 Å². The first kappa shape index (κ1) is 10.6. The Morgan fingerprint density at radius 3 is 2.60 bits per heavy atom. The molecule has 15 heavy (non-hydrogen) atoms. The summed E-state index contributed by atoms with van der Waals surface area (Å²) in [5.41, 5.74) is 0. The molecule has 0 radical (unpaired) electrons. The van der Waals surface area contributed by atoms with Crippen molar-refractivity contribution in [2.45, 2.75) is 13.8 Å². The lowest BCUT2D eigenvalue weighted by Gasteiger charge is -1.98. The normalized spacial score (nSPS) is 10.9. The molecule has 0 saturated heterocycles. The summed E-state index contributed by atoms with van der Waals surface area (Å²) in [5, 5.41) is 2.05. The lowest BCUT2D eigenvalue weighted by Crippen LogP contribution is -2.04. The van der Waals surface area contributed by atoms with Crippen LogP contribution >= 0.6 is 22.7 Å². The first-order valence-corrected chi connectivity index (χ1v) is 6.56.